The number of carbonyl (C=O) groups is 2. The van der Waals surface area contributed by atoms with Gasteiger partial charge in [-0.25, -0.2) is 8.78 Å². The highest BCUT2D eigenvalue weighted by Gasteiger charge is 2.63. The van der Waals surface area contributed by atoms with Crippen LogP contribution < -0.4 is 5.32 Å². The predicted molar refractivity (Wildman–Crippen MR) is 134 cm³/mol. The summed E-state index contributed by atoms with van der Waals surface area (Å²) in [4.78, 5) is 31.1. The first-order valence-corrected chi connectivity index (χ1v) is 12.3. The van der Waals surface area contributed by atoms with E-state index in [1.54, 1.807) is 24.5 Å². The van der Waals surface area contributed by atoms with Crippen LogP contribution in [0.3, 0.4) is 0 Å². The summed E-state index contributed by atoms with van der Waals surface area (Å²) in [7, 11) is 3.91. The Kier molecular flexibility index (Phi) is 8.42. The number of rotatable bonds is 12. The van der Waals surface area contributed by atoms with Crippen LogP contribution in [-0.4, -0.2) is 54.2 Å². The molecule has 1 saturated carbocycles. The average Bonchev–Trinajstić information content (AvgIpc) is 3.63. The Labute approximate surface area is 207 Å². The minimum absolute atomic E-state index is 0.0143. The second kappa shape index (κ2) is 10.9. The number of aryl methyl sites for hydroxylation is 1. The van der Waals surface area contributed by atoms with Gasteiger partial charge in [0.2, 0.25) is 5.91 Å². The number of benzene rings is 1. The van der Waals surface area contributed by atoms with Gasteiger partial charge in [0, 0.05) is 54.7 Å². The number of pyridine rings is 1. The lowest BCUT2D eigenvalue weighted by Gasteiger charge is -2.32. The van der Waals surface area contributed by atoms with Gasteiger partial charge in [0.25, 0.3) is 5.92 Å². The van der Waals surface area contributed by atoms with Crippen molar-refractivity contribution in [1.82, 2.24) is 15.2 Å². The van der Waals surface area contributed by atoms with Gasteiger partial charge < -0.3 is 10.2 Å². The SMILES string of the molecule is CCC(=O)c1ccc(C[C@@H](CNC(=O)C[C@H](c2ccncc2)C2(C(C)(F)F)CC2)N(C)C)c(C)c1. The number of halogens is 2. The van der Waals surface area contributed by atoms with E-state index < -0.39 is 17.3 Å². The number of aromatic nitrogens is 1. The van der Waals surface area contributed by atoms with Crippen molar-refractivity contribution in [3.05, 3.63) is 65.0 Å². The fourth-order valence-corrected chi connectivity index (χ4v) is 4.94. The van der Waals surface area contributed by atoms with Crippen molar-refractivity contribution in [3.63, 3.8) is 0 Å². The topological polar surface area (TPSA) is 62.3 Å². The Bertz CT molecular complexity index is 1030. The molecule has 190 valence electrons. The summed E-state index contributed by atoms with van der Waals surface area (Å²) in [6.07, 6.45) is 5.18. The number of carbonyl (C=O) groups excluding carboxylic acids is 2. The van der Waals surface area contributed by atoms with E-state index in [0.29, 0.717) is 37.8 Å². The van der Waals surface area contributed by atoms with Crippen LogP contribution in [-0.2, 0) is 11.2 Å². The molecular formula is C28H37F2N3O2. The van der Waals surface area contributed by atoms with Crippen LogP contribution in [0.1, 0.15) is 72.5 Å². The molecule has 35 heavy (non-hydrogen) atoms. The third-order valence-electron chi connectivity index (χ3n) is 7.53. The van der Waals surface area contributed by atoms with Crippen molar-refractivity contribution < 1.29 is 18.4 Å². The van der Waals surface area contributed by atoms with Gasteiger partial charge in [-0.2, -0.15) is 0 Å². The number of hydrogen-bond donors (Lipinski definition) is 1. The van der Waals surface area contributed by atoms with E-state index >= 15 is 0 Å². The van der Waals surface area contributed by atoms with Crippen LogP contribution >= 0.6 is 0 Å². The summed E-state index contributed by atoms with van der Waals surface area (Å²) in [6.45, 7) is 5.21. The number of Topliss-reactive ketones (excluding diaryl/α,β-unsaturated/α-hetero) is 1. The van der Waals surface area contributed by atoms with Gasteiger partial charge in [-0.05, 0) is 82.1 Å². The molecule has 1 aliphatic carbocycles. The zero-order valence-electron chi connectivity index (χ0n) is 21.4. The highest BCUT2D eigenvalue weighted by molar-refractivity contribution is 5.96. The van der Waals surface area contributed by atoms with Gasteiger partial charge in [0.1, 0.15) is 0 Å². The summed E-state index contributed by atoms with van der Waals surface area (Å²) < 4.78 is 29.1. The predicted octanol–water partition coefficient (Wildman–Crippen LogP) is 5.18. The Morgan fingerprint density at radius 1 is 1.17 bits per heavy atom. The first-order chi connectivity index (χ1) is 16.5. The van der Waals surface area contributed by atoms with Crippen LogP contribution in [0, 0.1) is 12.3 Å². The normalized spacial score (nSPS) is 16.6. The highest BCUT2D eigenvalue weighted by Crippen LogP contribution is 2.65. The molecule has 2 aromatic rings. The molecule has 0 bridgehead atoms. The standard InChI is InChI=1S/C28H37F2N3O2/c1-6-25(34)22-8-7-21(19(2)15-22)16-23(33(4)5)18-32-26(35)17-24(20-9-13-31-14-10-20)28(11-12-28)27(3,29)30/h7-10,13-15,23-24H,6,11-12,16-18H2,1-5H3,(H,32,35)/t23-,24+/m0/s1. The Morgan fingerprint density at radius 2 is 1.83 bits per heavy atom. The minimum Gasteiger partial charge on any atom is -0.355 e. The Hall–Kier alpha value is -2.67. The number of amides is 1. The first-order valence-electron chi connectivity index (χ1n) is 12.3. The highest BCUT2D eigenvalue weighted by atomic mass is 19.3. The molecule has 1 fully saturated rings. The van der Waals surface area contributed by atoms with E-state index in [-0.39, 0.29) is 24.2 Å². The lowest BCUT2D eigenvalue weighted by Crippen LogP contribution is -2.43. The molecule has 1 aliphatic rings. The molecule has 0 unspecified atom stereocenters. The van der Waals surface area contributed by atoms with Crippen LogP contribution in [0.5, 0.6) is 0 Å². The van der Waals surface area contributed by atoms with Crippen LogP contribution in [0.15, 0.2) is 42.7 Å². The lowest BCUT2D eigenvalue weighted by atomic mass is 9.77. The van der Waals surface area contributed by atoms with E-state index in [2.05, 4.69) is 10.3 Å². The van der Waals surface area contributed by atoms with Crippen molar-refractivity contribution in [1.29, 1.82) is 0 Å². The first kappa shape index (κ1) is 26.9. The van der Waals surface area contributed by atoms with E-state index in [1.165, 1.54) is 0 Å². The summed E-state index contributed by atoms with van der Waals surface area (Å²) in [5, 5.41) is 3.00. The zero-order chi connectivity index (χ0) is 25.8. The summed E-state index contributed by atoms with van der Waals surface area (Å²) in [6, 6.07) is 9.26. The second-order valence-corrected chi connectivity index (χ2v) is 10.1. The van der Waals surface area contributed by atoms with Crippen LogP contribution in [0.4, 0.5) is 8.78 Å². The number of hydrogen-bond acceptors (Lipinski definition) is 4. The molecule has 1 N–H and O–H groups in total. The van der Waals surface area contributed by atoms with Crippen molar-refractivity contribution in [2.75, 3.05) is 20.6 Å². The molecule has 1 amide bonds. The number of alkyl halides is 2. The van der Waals surface area contributed by atoms with Gasteiger partial charge in [-0.3, -0.25) is 14.6 Å². The molecule has 0 spiro atoms. The molecule has 3 rings (SSSR count). The maximum atomic E-state index is 14.6. The van der Waals surface area contributed by atoms with Gasteiger partial charge in [-0.15, -0.1) is 0 Å². The molecule has 5 nitrogen and oxygen atoms in total. The van der Waals surface area contributed by atoms with Crippen LogP contribution in [0.25, 0.3) is 0 Å². The average molecular weight is 486 g/mol. The quantitative estimate of drug-likeness (QED) is 0.421. The van der Waals surface area contributed by atoms with Crippen molar-refractivity contribution in [2.45, 2.75) is 70.8 Å². The maximum Gasteiger partial charge on any atom is 0.251 e. The molecular weight excluding hydrogens is 448 g/mol. The van der Waals surface area contributed by atoms with Crippen molar-refractivity contribution >= 4 is 11.7 Å². The summed E-state index contributed by atoms with van der Waals surface area (Å²) in [5.74, 6) is -3.54. The molecule has 7 heteroatoms. The van der Waals surface area contributed by atoms with E-state index in [0.717, 1.165) is 23.6 Å². The zero-order valence-corrected chi connectivity index (χ0v) is 21.4. The Balaban J connectivity index is 1.68. The summed E-state index contributed by atoms with van der Waals surface area (Å²) in [5.41, 5.74) is 2.42. The lowest BCUT2D eigenvalue weighted by molar-refractivity contribution is -0.123. The molecule has 0 aliphatic heterocycles. The van der Waals surface area contributed by atoms with Gasteiger partial charge in [0.15, 0.2) is 5.78 Å². The Morgan fingerprint density at radius 3 is 2.34 bits per heavy atom. The summed E-state index contributed by atoms with van der Waals surface area (Å²) >= 11 is 0. The molecule has 1 aromatic heterocycles. The van der Waals surface area contributed by atoms with Crippen molar-refractivity contribution in [3.8, 4) is 0 Å². The molecule has 2 atom stereocenters. The monoisotopic (exact) mass is 485 g/mol. The number of nitrogens with zero attached hydrogens (tertiary/aromatic N) is 2. The second-order valence-electron chi connectivity index (χ2n) is 10.1. The van der Waals surface area contributed by atoms with Gasteiger partial charge in [-0.1, -0.05) is 19.1 Å². The minimum atomic E-state index is -2.86. The van der Waals surface area contributed by atoms with Crippen molar-refractivity contribution in [2.24, 2.45) is 5.41 Å². The van der Waals surface area contributed by atoms with E-state index in [4.69, 9.17) is 0 Å². The fourth-order valence-electron chi connectivity index (χ4n) is 4.94. The third-order valence-corrected chi connectivity index (χ3v) is 7.53. The number of likely N-dealkylation sites (N-methyl/N-ethyl adjacent to an activating group) is 1. The largest absolute Gasteiger partial charge is 0.355 e. The molecule has 1 heterocycles. The number of ketones is 1. The van der Waals surface area contributed by atoms with E-state index in [1.807, 2.05) is 51.0 Å². The molecule has 0 saturated heterocycles. The molecule has 0 radical (unpaired) electrons. The van der Waals surface area contributed by atoms with Crippen LogP contribution in [0.2, 0.25) is 0 Å². The fraction of sp³-hybridized carbons (Fsp3) is 0.536. The maximum absolute atomic E-state index is 14.6. The van der Waals surface area contributed by atoms with Gasteiger partial charge in [0.05, 0.1) is 0 Å². The van der Waals surface area contributed by atoms with E-state index in [9.17, 15) is 18.4 Å². The smallest absolute Gasteiger partial charge is 0.251 e. The van der Waals surface area contributed by atoms with Gasteiger partial charge >= 0.3 is 0 Å². The molecule has 1 aromatic carbocycles. The number of nitrogens with one attached hydrogen (secondary N) is 1. The third kappa shape index (κ3) is 6.31.